The first kappa shape index (κ1) is 15.1. The molecule has 3 aliphatic rings. The predicted molar refractivity (Wildman–Crippen MR) is 67.4 cm³/mol. The molecule has 6 nitrogen and oxygen atoms in total. The summed E-state index contributed by atoms with van der Waals surface area (Å²) in [4.78, 5) is 36.3. The Bertz CT molecular complexity index is 508. The van der Waals surface area contributed by atoms with Gasteiger partial charge in [0, 0.05) is 19.6 Å². The number of halogens is 3. The van der Waals surface area contributed by atoms with Gasteiger partial charge in [-0.2, -0.15) is 13.2 Å². The predicted octanol–water partition coefficient (Wildman–Crippen LogP) is 0.633. The minimum atomic E-state index is -4.34. The molecule has 3 rings (SSSR count). The molecule has 0 unspecified atom stereocenters. The van der Waals surface area contributed by atoms with E-state index in [0.29, 0.717) is 6.42 Å². The van der Waals surface area contributed by atoms with Crippen LogP contribution in [-0.4, -0.2) is 48.6 Å². The van der Waals surface area contributed by atoms with Crippen LogP contribution < -0.4 is 10.6 Å². The van der Waals surface area contributed by atoms with Crippen LogP contribution >= 0.6 is 0 Å². The summed E-state index contributed by atoms with van der Waals surface area (Å²) in [6, 6.07) is -0.648. The Morgan fingerprint density at radius 3 is 2.18 bits per heavy atom. The number of carbonyl (C=O) groups excluding carboxylic acids is 3. The number of urea groups is 1. The van der Waals surface area contributed by atoms with E-state index in [1.165, 1.54) is 4.90 Å². The van der Waals surface area contributed by atoms with Crippen molar-refractivity contribution in [2.24, 2.45) is 17.3 Å². The Balaban J connectivity index is 1.58. The average molecular weight is 319 g/mol. The lowest BCUT2D eigenvalue weighted by atomic mass is 9.68. The van der Waals surface area contributed by atoms with Crippen LogP contribution in [0.15, 0.2) is 0 Å². The molecule has 0 aromatic carbocycles. The zero-order valence-electron chi connectivity index (χ0n) is 11.7. The Hall–Kier alpha value is -1.80. The third-order valence-electron chi connectivity index (χ3n) is 5.02. The van der Waals surface area contributed by atoms with E-state index in [9.17, 15) is 27.6 Å². The number of fused-ring (bicyclic) bond motifs is 1. The van der Waals surface area contributed by atoms with E-state index >= 15 is 0 Å². The van der Waals surface area contributed by atoms with Crippen molar-refractivity contribution in [2.45, 2.75) is 25.4 Å². The van der Waals surface area contributed by atoms with Crippen LogP contribution in [-0.2, 0) is 9.59 Å². The number of likely N-dealkylation sites (tertiary alicyclic amines) is 1. The number of hydrogen-bond donors (Lipinski definition) is 2. The molecule has 4 amide bonds. The van der Waals surface area contributed by atoms with Gasteiger partial charge in [-0.1, -0.05) is 6.42 Å². The fourth-order valence-corrected chi connectivity index (χ4v) is 3.33. The Labute approximate surface area is 124 Å². The minimum absolute atomic E-state index is 0.0168. The first-order valence-corrected chi connectivity index (χ1v) is 7.18. The quantitative estimate of drug-likeness (QED) is 0.733. The fraction of sp³-hybridized carbons (Fsp3) is 0.769. The molecule has 3 fully saturated rings. The Kier molecular flexibility index (Phi) is 3.33. The summed E-state index contributed by atoms with van der Waals surface area (Å²) in [5, 5.41) is 4.50. The molecular weight excluding hydrogens is 303 g/mol. The average Bonchev–Trinajstić information content (AvgIpc) is 2.89. The van der Waals surface area contributed by atoms with Gasteiger partial charge in [-0.3, -0.25) is 14.9 Å². The normalized spacial score (nSPS) is 29.9. The van der Waals surface area contributed by atoms with Gasteiger partial charge in [0.05, 0.1) is 17.3 Å². The summed E-state index contributed by atoms with van der Waals surface area (Å²) < 4.78 is 39.0. The van der Waals surface area contributed by atoms with E-state index in [1.54, 1.807) is 0 Å². The number of carbonyl (C=O) groups is 3. The summed E-state index contributed by atoms with van der Waals surface area (Å²) in [5.74, 6) is -2.01. The number of nitrogens with zero attached hydrogens (tertiary/aromatic N) is 1. The number of imide groups is 1. The molecule has 2 aliphatic heterocycles. The summed E-state index contributed by atoms with van der Waals surface area (Å²) in [6.45, 7) is -0.332. The van der Waals surface area contributed by atoms with Crippen molar-refractivity contribution in [2.75, 3.05) is 19.6 Å². The molecular formula is C13H16F3N3O3. The van der Waals surface area contributed by atoms with Crippen molar-refractivity contribution >= 4 is 17.8 Å². The first-order chi connectivity index (χ1) is 10.2. The van der Waals surface area contributed by atoms with Crippen molar-refractivity contribution in [3.8, 4) is 0 Å². The van der Waals surface area contributed by atoms with Gasteiger partial charge in [-0.25, -0.2) is 4.79 Å². The van der Waals surface area contributed by atoms with E-state index in [-0.39, 0.29) is 25.9 Å². The van der Waals surface area contributed by atoms with E-state index in [4.69, 9.17) is 0 Å². The molecule has 2 atom stereocenters. The fourth-order valence-electron chi connectivity index (χ4n) is 3.33. The van der Waals surface area contributed by atoms with E-state index in [0.717, 1.165) is 0 Å². The van der Waals surface area contributed by atoms with E-state index in [2.05, 4.69) is 10.6 Å². The number of alkyl halides is 3. The van der Waals surface area contributed by atoms with Crippen molar-refractivity contribution in [1.82, 2.24) is 15.5 Å². The van der Waals surface area contributed by atoms with Gasteiger partial charge >= 0.3 is 12.2 Å². The van der Waals surface area contributed by atoms with E-state index in [1.807, 2.05) is 0 Å². The molecule has 122 valence electrons. The molecule has 1 aliphatic carbocycles. The van der Waals surface area contributed by atoms with Gasteiger partial charge in [-0.05, 0) is 12.8 Å². The molecule has 22 heavy (non-hydrogen) atoms. The standard InChI is InChI=1S/C13H16F3N3O3/c14-13(15,16)12(2-1-3-12)6-17-11(22)19-4-7-8(5-19)10(21)18-9(7)20/h7-8H,1-6H2,(H,17,22)(H,18,20,21)/t7-,8+. The highest BCUT2D eigenvalue weighted by Crippen LogP contribution is 2.52. The Morgan fingerprint density at radius 1 is 1.23 bits per heavy atom. The lowest BCUT2D eigenvalue weighted by molar-refractivity contribution is -0.247. The molecule has 0 aromatic heterocycles. The van der Waals surface area contributed by atoms with Crippen LogP contribution in [0, 0.1) is 17.3 Å². The lowest BCUT2D eigenvalue weighted by Crippen LogP contribution is -2.53. The molecule has 1 saturated carbocycles. The zero-order chi connectivity index (χ0) is 16.1. The second-order valence-electron chi connectivity index (χ2n) is 6.26. The maximum absolute atomic E-state index is 13.0. The summed E-state index contributed by atoms with van der Waals surface area (Å²) >= 11 is 0. The van der Waals surface area contributed by atoms with Crippen LogP contribution in [0.3, 0.4) is 0 Å². The van der Waals surface area contributed by atoms with Crippen molar-refractivity contribution in [3.63, 3.8) is 0 Å². The van der Waals surface area contributed by atoms with Gasteiger partial charge in [0.15, 0.2) is 0 Å². The van der Waals surface area contributed by atoms with Gasteiger partial charge < -0.3 is 10.2 Å². The van der Waals surface area contributed by atoms with Gasteiger partial charge in [-0.15, -0.1) is 0 Å². The van der Waals surface area contributed by atoms with Crippen molar-refractivity contribution in [3.05, 3.63) is 0 Å². The molecule has 0 bridgehead atoms. The van der Waals surface area contributed by atoms with Crippen LogP contribution in [0.1, 0.15) is 19.3 Å². The number of nitrogens with one attached hydrogen (secondary N) is 2. The molecule has 0 aromatic rings. The molecule has 2 saturated heterocycles. The lowest BCUT2D eigenvalue weighted by Gasteiger charge is -2.43. The van der Waals surface area contributed by atoms with Crippen molar-refractivity contribution in [1.29, 1.82) is 0 Å². The van der Waals surface area contributed by atoms with Crippen LogP contribution in [0.2, 0.25) is 0 Å². The second-order valence-corrected chi connectivity index (χ2v) is 6.26. The van der Waals surface area contributed by atoms with Crippen LogP contribution in [0.5, 0.6) is 0 Å². The minimum Gasteiger partial charge on any atom is -0.337 e. The zero-order valence-corrected chi connectivity index (χ0v) is 11.7. The van der Waals surface area contributed by atoms with Crippen LogP contribution in [0.25, 0.3) is 0 Å². The highest BCUT2D eigenvalue weighted by atomic mass is 19.4. The van der Waals surface area contributed by atoms with E-state index < -0.39 is 47.8 Å². The number of amides is 4. The molecule has 9 heteroatoms. The highest BCUT2D eigenvalue weighted by Gasteiger charge is 2.58. The molecule has 2 N–H and O–H groups in total. The Morgan fingerprint density at radius 2 is 1.77 bits per heavy atom. The number of rotatable bonds is 2. The third-order valence-corrected chi connectivity index (χ3v) is 5.02. The SMILES string of the molecule is O=C1NC(=O)[C@@H]2CN(C(=O)NCC3(C(F)(F)F)CCC3)C[C@H]12. The summed E-state index contributed by atoms with van der Waals surface area (Å²) in [6.07, 6.45) is -3.81. The molecule has 2 heterocycles. The smallest absolute Gasteiger partial charge is 0.337 e. The number of hydrogen-bond acceptors (Lipinski definition) is 3. The summed E-state index contributed by atoms with van der Waals surface area (Å²) in [7, 11) is 0. The topological polar surface area (TPSA) is 78.5 Å². The maximum Gasteiger partial charge on any atom is 0.396 e. The summed E-state index contributed by atoms with van der Waals surface area (Å²) in [5.41, 5.74) is -1.83. The van der Waals surface area contributed by atoms with Crippen LogP contribution in [0.4, 0.5) is 18.0 Å². The maximum atomic E-state index is 13.0. The van der Waals surface area contributed by atoms with Crippen molar-refractivity contribution < 1.29 is 27.6 Å². The third kappa shape index (κ3) is 2.22. The van der Waals surface area contributed by atoms with Gasteiger partial charge in [0.2, 0.25) is 11.8 Å². The van der Waals surface area contributed by atoms with Gasteiger partial charge in [0.1, 0.15) is 0 Å². The first-order valence-electron chi connectivity index (χ1n) is 7.18. The molecule has 0 spiro atoms. The molecule has 0 radical (unpaired) electrons. The van der Waals surface area contributed by atoms with Gasteiger partial charge in [0.25, 0.3) is 0 Å². The highest BCUT2D eigenvalue weighted by molar-refractivity contribution is 6.06. The monoisotopic (exact) mass is 319 g/mol. The second kappa shape index (κ2) is 4.85. The largest absolute Gasteiger partial charge is 0.396 e.